The lowest BCUT2D eigenvalue weighted by Gasteiger charge is -2.38. The molecule has 5 nitrogen and oxygen atoms in total. The molecule has 0 saturated carbocycles. The van der Waals surface area contributed by atoms with Crippen LogP contribution in [-0.4, -0.2) is 93.3 Å². The second kappa shape index (κ2) is 15.7. The summed E-state index contributed by atoms with van der Waals surface area (Å²) in [6.45, 7) is 10.8. The first-order valence-electron chi connectivity index (χ1n) is 17.4. The molecule has 46 heavy (non-hydrogen) atoms. The maximum atomic E-state index is 6.38. The van der Waals surface area contributed by atoms with E-state index in [1.807, 2.05) is 0 Å². The molecule has 3 saturated heterocycles. The third kappa shape index (κ3) is 8.28. The van der Waals surface area contributed by atoms with E-state index in [-0.39, 0.29) is 0 Å². The predicted molar refractivity (Wildman–Crippen MR) is 199 cm³/mol. The molecule has 3 fully saturated rings. The molecule has 1 N–H and O–H groups in total. The predicted octanol–water partition coefficient (Wildman–Crippen LogP) is 6.42. The van der Waals surface area contributed by atoms with Gasteiger partial charge >= 0.3 is 0 Å². The average molecular weight is 654 g/mol. The summed E-state index contributed by atoms with van der Waals surface area (Å²) in [7, 11) is 0. The van der Waals surface area contributed by atoms with Crippen molar-refractivity contribution in [2.75, 3.05) is 39.3 Å². The number of hydrogen-bond donors (Lipinski definition) is 1. The van der Waals surface area contributed by atoms with Crippen molar-refractivity contribution in [3.63, 3.8) is 0 Å². The lowest BCUT2D eigenvalue weighted by atomic mass is 10.0. The first-order valence-corrected chi connectivity index (χ1v) is 18.2. The maximum Gasteiger partial charge on any atom is 0.172 e. The first kappa shape index (κ1) is 32.9. The van der Waals surface area contributed by atoms with E-state index >= 15 is 0 Å². The number of rotatable bonds is 14. The van der Waals surface area contributed by atoms with Crippen LogP contribution in [0.3, 0.4) is 0 Å². The number of nitrogens with one attached hydrogen (secondary N) is 1. The van der Waals surface area contributed by atoms with E-state index in [9.17, 15) is 0 Å². The molecule has 3 aromatic carbocycles. The smallest absolute Gasteiger partial charge is 0.172 e. The molecular weight excluding hydrogens is 603 g/mol. The van der Waals surface area contributed by atoms with Gasteiger partial charge in [0.25, 0.3) is 0 Å². The number of thiocarbonyl (C=S) groups is 2. The van der Waals surface area contributed by atoms with Gasteiger partial charge in [-0.05, 0) is 92.1 Å². The Morgan fingerprint density at radius 2 is 1.37 bits per heavy atom. The Kier molecular flexibility index (Phi) is 11.3. The van der Waals surface area contributed by atoms with Crippen molar-refractivity contribution in [1.29, 1.82) is 0 Å². The van der Waals surface area contributed by atoms with Gasteiger partial charge in [-0.15, -0.1) is 0 Å². The van der Waals surface area contributed by atoms with Crippen molar-refractivity contribution in [2.24, 2.45) is 5.92 Å². The van der Waals surface area contributed by atoms with E-state index in [1.165, 1.54) is 29.5 Å². The first-order chi connectivity index (χ1) is 22.4. The molecular formula is C39H51N5S2. The van der Waals surface area contributed by atoms with Crippen molar-refractivity contribution in [3.8, 4) is 0 Å². The number of benzene rings is 3. The van der Waals surface area contributed by atoms with Gasteiger partial charge in [-0.3, -0.25) is 4.90 Å². The molecule has 0 bridgehead atoms. The summed E-state index contributed by atoms with van der Waals surface area (Å²) in [5.74, 6) is 0.602. The van der Waals surface area contributed by atoms with Gasteiger partial charge in [-0.25, -0.2) is 0 Å². The standard InChI is InChI=1S/C39H51N5S2/c1-30(2)23-36(27-41-21-12-19-34(41)28-43-35(26-40-38(43)45)24-32-15-8-4-9-16-32)44-29-37(25-33-17-10-5-11-18-33)42(39(44)46)22-20-31-13-6-3-7-14-31/h3-11,13-18,30,34-37H,12,19-29H2,1-2H3,(H,40,45)/t34?,35-,36-,37-/m0/s1. The van der Waals surface area contributed by atoms with Gasteiger partial charge in [0.05, 0.1) is 12.1 Å². The summed E-state index contributed by atoms with van der Waals surface area (Å²) in [6.07, 6.45) is 6.69. The van der Waals surface area contributed by atoms with Crippen LogP contribution >= 0.6 is 24.4 Å². The molecule has 0 aromatic heterocycles. The molecule has 7 heteroatoms. The molecule has 4 atom stereocenters. The van der Waals surface area contributed by atoms with Gasteiger partial charge in [0.1, 0.15) is 0 Å². The van der Waals surface area contributed by atoms with E-state index in [1.54, 1.807) is 0 Å². The van der Waals surface area contributed by atoms with Gasteiger partial charge in [0, 0.05) is 44.8 Å². The molecule has 3 aromatic rings. The van der Waals surface area contributed by atoms with Crippen molar-refractivity contribution < 1.29 is 0 Å². The van der Waals surface area contributed by atoms with Gasteiger partial charge in [0.2, 0.25) is 0 Å². The SMILES string of the molecule is CC(C)C[C@@H](CN1CCCC1CN1C(=S)NC[C@@H]1Cc1ccccc1)N1C[C@H](Cc2ccccc2)N(CCc2ccccc2)C1=S. The molecule has 3 aliphatic heterocycles. The second-order valence-electron chi connectivity index (χ2n) is 14.0. The van der Waals surface area contributed by atoms with Crippen LogP contribution in [0.15, 0.2) is 91.0 Å². The highest BCUT2D eigenvalue weighted by molar-refractivity contribution is 7.80. The van der Waals surface area contributed by atoms with E-state index < -0.39 is 0 Å². The Hall–Kier alpha value is -3.00. The number of hydrogen-bond acceptors (Lipinski definition) is 3. The van der Waals surface area contributed by atoms with Gasteiger partial charge < -0.3 is 20.0 Å². The minimum absolute atomic E-state index is 0.384. The fourth-order valence-corrected chi connectivity index (χ4v) is 8.60. The lowest BCUT2D eigenvalue weighted by molar-refractivity contribution is 0.149. The molecule has 3 heterocycles. The third-order valence-corrected chi connectivity index (χ3v) is 11.0. The lowest BCUT2D eigenvalue weighted by Crippen LogP contribution is -2.51. The zero-order valence-electron chi connectivity index (χ0n) is 27.6. The highest BCUT2D eigenvalue weighted by Crippen LogP contribution is 2.29. The molecule has 6 rings (SSSR count). The number of likely N-dealkylation sites (tertiary alicyclic amines) is 1. The maximum absolute atomic E-state index is 6.38. The van der Waals surface area contributed by atoms with Gasteiger partial charge in [0.15, 0.2) is 10.2 Å². The summed E-state index contributed by atoms with van der Waals surface area (Å²) in [4.78, 5) is 10.4. The largest absolute Gasteiger partial charge is 0.360 e. The Bertz CT molecular complexity index is 1400. The van der Waals surface area contributed by atoms with E-state index in [4.69, 9.17) is 24.4 Å². The highest BCUT2D eigenvalue weighted by atomic mass is 32.1. The van der Waals surface area contributed by atoms with Crippen molar-refractivity contribution >= 4 is 34.7 Å². The molecule has 0 amide bonds. The van der Waals surface area contributed by atoms with Crippen LogP contribution in [0, 0.1) is 5.92 Å². The fourth-order valence-electron chi connectivity index (χ4n) is 7.83. The van der Waals surface area contributed by atoms with E-state index in [2.05, 4.69) is 130 Å². The average Bonchev–Trinajstić information content (AvgIpc) is 3.74. The Morgan fingerprint density at radius 3 is 2.00 bits per heavy atom. The highest BCUT2D eigenvalue weighted by Gasteiger charge is 2.40. The van der Waals surface area contributed by atoms with Crippen LogP contribution in [-0.2, 0) is 19.3 Å². The third-order valence-electron chi connectivity index (χ3n) is 10.2. The topological polar surface area (TPSA) is 25.0 Å². The minimum atomic E-state index is 0.384. The molecule has 0 aliphatic carbocycles. The summed E-state index contributed by atoms with van der Waals surface area (Å²) in [6, 6.07) is 34.4. The quantitative estimate of drug-likeness (QED) is 0.201. The monoisotopic (exact) mass is 653 g/mol. The summed E-state index contributed by atoms with van der Waals surface area (Å²) in [5.41, 5.74) is 4.15. The Balaban J connectivity index is 1.16. The van der Waals surface area contributed by atoms with Crippen LogP contribution in [0.1, 0.15) is 49.8 Å². The Morgan fingerprint density at radius 1 is 0.761 bits per heavy atom. The van der Waals surface area contributed by atoms with Crippen molar-refractivity contribution in [2.45, 2.75) is 76.5 Å². The molecule has 3 aliphatic rings. The second-order valence-corrected chi connectivity index (χ2v) is 14.7. The normalized spacial score (nSPS) is 22.7. The van der Waals surface area contributed by atoms with Crippen LogP contribution < -0.4 is 5.32 Å². The zero-order valence-corrected chi connectivity index (χ0v) is 29.3. The zero-order chi connectivity index (χ0) is 31.9. The van der Waals surface area contributed by atoms with Crippen molar-refractivity contribution in [3.05, 3.63) is 108 Å². The molecule has 0 spiro atoms. The van der Waals surface area contributed by atoms with Crippen LogP contribution in [0.25, 0.3) is 0 Å². The minimum Gasteiger partial charge on any atom is -0.360 e. The summed E-state index contributed by atoms with van der Waals surface area (Å²) in [5, 5.41) is 5.48. The number of nitrogens with zero attached hydrogens (tertiary/aromatic N) is 4. The molecule has 0 radical (unpaired) electrons. The molecule has 1 unspecified atom stereocenters. The summed E-state index contributed by atoms with van der Waals surface area (Å²) < 4.78 is 0. The van der Waals surface area contributed by atoms with Crippen LogP contribution in [0.5, 0.6) is 0 Å². The van der Waals surface area contributed by atoms with Crippen LogP contribution in [0.2, 0.25) is 0 Å². The molecule has 244 valence electrons. The fraction of sp³-hybridized carbons (Fsp3) is 0.487. The Labute approximate surface area is 287 Å². The van der Waals surface area contributed by atoms with E-state index in [0.29, 0.717) is 30.1 Å². The summed E-state index contributed by atoms with van der Waals surface area (Å²) >= 11 is 12.2. The van der Waals surface area contributed by atoms with Gasteiger partial charge in [-0.1, -0.05) is 105 Å². The van der Waals surface area contributed by atoms with Crippen molar-refractivity contribution in [1.82, 2.24) is 24.9 Å². The van der Waals surface area contributed by atoms with Gasteiger partial charge in [-0.2, -0.15) is 0 Å². The van der Waals surface area contributed by atoms with Crippen LogP contribution in [0.4, 0.5) is 0 Å². The van der Waals surface area contributed by atoms with E-state index in [0.717, 1.165) is 75.2 Å².